The van der Waals surface area contributed by atoms with Crippen molar-refractivity contribution in [1.82, 2.24) is 14.9 Å². The Morgan fingerprint density at radius 2 is 1.69 bits per heavy atom. The van der Waals surface area contributed by atoms with Gasteiger partial charge in [0.15, 0.2) is 5.16 Å². The second-order valence-electron chi connectivity index (χ2n) is 8.45. The summed E-state index contributed by atoms with van der Waals surface area (Å²) in [7, 11) is 0. The van der Waals surface area contributed by atoms with Crippen molar-refractivity contribution >= 4 is 29.3 Å². The Kier molecular flexibility index (Phi) is 8.83. The third kappa shape index (κ3) is 5.96. The molecule has 1 aromatic heterocycles. The molecule has 6 heteroatoms. The van der Waals surface area contributed by atoms with E-state index in [1.807, 2.05) is 26.0 Å². The summed E-state index contributed by atoms with van der Waals surface area (Å²) in [6.07, 6.45) is 2.19. The van der Waals surface area contributed by atoms with E-state index < -0.39 is 5.41 Å². The van der Waals surface area contributed by atoms with Gasteiger partial charge in [-0.15, -0.1) is 11.6 Å². The molecule has 3 aromatic rings. The number of rotatable bonds is 11. The minimum Gasteiger partial charge on any atom is -0.355 e. The van der Waals surface area contributed by atoms with E-state index in [-0.39, 0.29) is 5.91 Å². The van der Waals surface area contributed by atoms with Crippen molar-refractivity contribution < 1.29 is 4.79 Å². The zero-order chi connectivity index (χ0) is 23.0. The Balaban J connectivity index is 1.90. The molecule has 0 aliphatic rings. The lowest BCUT2D eigenvalue weighted by molar-refractivity contribution is -0.128. The van der Waals surface area contributed by atoms with Crippen LogP contribution in [0.25, 0.3) is 22.5 Å². The van der Waals surface area contributed by atoms with Crippen molar-refractivity contribution in [2.24, 2.45) is 5.41 Å². The highest BCUT2D eigenvalue weighted by Crippen LogP contribution is 2.36. The first-order valence-corrected chi connectivity index (χ1v) is 12.7. The van der Waals surface area contributed by atoms with Crippen LogP contribution in [-0.4, -0.2) is 33.6 Å². The van der Waals surface area contributed by atoms with Gasteiger partial charge < -0.3 is 9.88 Å². The van der Waals surface area contributed by atoms with Crippen molar-refractivity contribution in [2.75, 3.05) is 18.2 Å². The van der Waals surface area contributed by atoms with Crippen LogP contribution in [0.5, 0.6) is 0 Å². The molecule has 0 unspecified atom stereocenters. The smallest absolute Gasteiger partial charge is 0.226 e. The molecular weight excluding hydrogens is 438 g/mol. The molecule has 170 valence electrons. The first kappa shape index (κ1) is 24.4. The summed E-state index contributed by atoms with van der Waals surface area (Å²) >= 11 is 7.61. The lowest BCUT2D eigenvalue weighted by Crippen LogP contribution is -2.39. The molecule has 0 fully saturated rings. The van der Waals surface area contributed by atoms with Crippen LogP contribution in [0, 0.1) is 5.41 Å². The summed E-state index contributed by atoms with van der Waals surface area (Å²) in [6, 6.07) is 20.8. The summed E-state index contributed by atoms with van der Waals surface area (Å²) in [6.45, 7) is 7.41. The quantitative estimate of drug-likeness (QED) is 0.198. The van der Waals surface area contributed by atoms with E-state index in [0.717, 1.165) is 47.2 Å². The number of aromatic nitrogens is 2. The summed E-state index contributed by atoms with van der Waals surface area (Å²) in [5.41, 5.74) is 3.87. The predicted molar refractivity (Wildman–Crippen MR) is 136 cm³/mol. The fourth-order valence-electron chi connectivity index (χ4n) is 3.36. The van der Waals surface area contributed by atoms with Crippen molar-refractivity contribution in [1.29, 1.82) is 0 Å². The fraction of sp³-hybridized carbons (Fsp3) is 0.385. The van der Waals surface area contributed by atoms with Crippen molar-refractivity contribution in [3.05, 3.63) is 60.7 Å². The molecule has 0 atom stereocenters. The fourth-order valence-corrected chi connectivity index (χ4v) is 4.36. The Morgan fingerprint density at radius 1 is 1.06 bits per heavy atom. The maximum absolute atomic E-state index is 12.3. The Labute approximate surface area is 200 Å². The summed E-state index contributed by atoms with van der Waals surface area (Å²) < 4.78 is 2.34. The van der Waals surface area contributed by atoms with Crippen LogP contribution in [-0.2, 0) is 11.3 Å². The highest BCUT2D eigenvalue weighted by Gasteiger charge is 2.26. The van der Waals surface area contributed by atoms with Crippen LogP contribution in [0.15, 0.2) is 65.8 Å². The number of alkyl halides is 1. The van der Waals surface area contributed by atoms with Gasteiger partial charge >= 0.3 is 0 Å². The summed E-state index contributed by atoms with van der Waals surface area (Å²) in [5.74, 6) is 1.03. The number of thioether (sulfide) groups is 1. The molecule has 0 spiro atoms. The molecule has 4 nitrogen and oxygen atoms in total. The topological polar surface area (TPSA) is 46.9 Å². The van der Waals surface area contributed by atoms with Gasteiger partial charge in [-0.25, -0.2) is 4.98 Å². The Hall–Kier alpha value is -2.24. The molecule has 0 radical (unpaired) electrons. The van der Waals surface area contributed by atoms with E-state index in [2.05, 4.69) is 65.3 Å². The van der Waals surface area contributed by atoms with E-state index in [4.69, 9.17) is 16.6 Å². The number of hydrogen-bond acceptors (Lipinski definition) is 3. The second-order valence-corrected chi connectivity index (χ2v) is 9.78. The van der Waals surface area contributed by atoms with Gasteiger partial charge in [0.2, 0.25) is 5.91 Å². The second kappa shape index (κ2) is 11.6. The van der Waals surface area contributed by atoms with Crippen LogP contribution in [0.3, 0.4) is 0 Å². The van der Waals surface area contributed by atoms with E-state index in [0.29, 0.717) is 12.4 Å². The number of hydrogen-bond donors (Lipinski definition) is 1. The standard InChI is InChI=1S/C26H32ClN3OS/c1-4-5-17-30-23(21-14-10-7-11-15-21)22(20-12-8-6-9-13-20)29-25(30)32-18-16-28-24(31)26(2,3)19-27/h6-15H,4-5,16-19H2,1-3H3,(H,28,31). The zero-order valence-corrected chi connectivity index (χ0v) is 20.7. The number of benzene rings is 2. The molecule has 3 rings (SSSR count). The van der Waals surface area contributed by atoms with Gasteiger partial charge in [-0.05, 0) is 20.3 Å². The first-order chi connectivity index (χ1) is 15.5. The largest absolute Gasteiger partial charge is 0.355 e. The number of halogens is 1. The number of nitrogens with zero attached hydrogens (tertiary/aromatic N) is 2. The van der Waals surface area contributed by atoms with Gasteiger partial charge in [0.1, 0.15) is 0 Å². The van der Waals surface area contributed by atoms with Gasteiger partial charge in [0.25, 0.3) is 0 Å². The summed E-state index contributed by atoms with van der Waals surface area (Å²) in [5, 5.41) is 4.00. The molecule has 2 aromatic carbocycles. The third-order valence-corrected chi connectivity index (χ3v) is 6.98. The molecule has 0 aliphatic carbocycles. The van der Waals surface area contributed by atoms with Gasteiger partial charge in [-0.3, -0.25) is 4.79 Å². The highest BCUT2D eigenvalue weighted by molar-refractivity contribution is 7.99. The van der Waals surface area contributed by atoms with E-state index in [1.165, 1.54) is 5.56 Å². The predicted octanol–water partition coefficient (Wildman–Crippen LogP) is 6.49. The monoisotopic (exact) mass is 469 g/mol. The summed E-state index contributed by atoms with van der Waals surface area (Å²) in [4.78, 5) is 17.4. The lowest BCUT2D eigenvalue weighted by atomic mass is 9.95. The molecular formula is C26H32ClN3OS. The molecule has 0 bridgehead atoms. The highest BCUT2D eigenvalue weighted by atomic mass is 35.5. The number of carbonyl (C=O) groups excluding carboxylic acids is 1. The normalized spacial score (nSPS) is 11.5. The van der Waals surface area contributed by atoms with Gasteiger partial charge in [0.05, 0.1) is 16.8 Å². The molecule has 0 saturated heterocycles. The molecule has 1 N–H and O–H groups in total. The van der Waals surface area contributed by atoms with E-state index in [9.17, 15) is 4.79 Å². The van der Waals surface area contributed by atoms with Gasteiger partial charge in [0, 0.05) is 35.8 Å². The maximum Gasteiger partial charge on any atom is 0.226 e. The van der Waals surface area contributed by atoms with Crippen molar-refractivity contribution in [2.45, 2.75) is 45.3 Å². The van der Waals surface area contributed by atoms with E-state index >= 15 is 0 Å². The van der Waals surface area contributed by atoms with Gasteiger partial charge in [-0.1, -0.05) is 85.8 Å². The SMILES string of the molecule is CCCCn1c(SCCNC(=O)C(C)(C)CCl)nc(-c2ccccc2)c1-c1ccccc1. The average Bonchev–Trinajstić information content (AvgIpc) is 3.19. The zero-order valence-electron chi connectivity index (χ0n) is 19.1. The molecule has 32 heavy (non-hydrogen) atoms. The first-order valence-electron chi connectivity index (χ1n) is 11.2. The minimum atomic E-state index is -0.563. The Morgan fingerprint density at radius 3 is 2.28 bits per heavy atom. The average molecular weight is 470 g/mol. The maximum atomic E-state index is 12.3. The molecule has 0 aliphatic heterocycles. The van der Waals surface area contributed by atoms with Crippen LogP contribution in [0.1, 0.15) is 33.6 Å². The number of unbranched alkanes of at least 4 members (excludes halogenated alkanes) is 1. The van der Waals surface area contributed by atoms with Crippen molar-refractivity contribution in [3.63, 3.8) is 0 Å². The van der Waals surface area contributed by atoms with Crippen LogP contribution in [0.4, 0.5) is 0 Å². The number of imidazole rings is 1. The Bertz CT molecular complexity index is 1000. The van der Waals surface area contributed by atoms with Crippen LogP contribution >= 0.6 is 23.4 Å². The molecule has 1 amide bonds. The third-order valence-electron chi connectivity index (χ3n) is 5.33. The van der Waals surface area contributed by atoms with Gasteiger partial charge in [-0.2, -0.15) is 0 Å². The lowest BCUT2D eigenvalue weighted by Gasteiger charge is -2.20. The van der Waals surface area contributed by atoms with Crippen molar-refractivity contribution in [3.8, 4) is 22.5 Å². The number of amides is 1. The molecule has 1 heterocycles. The van der Waals surface area contributed by atoms with Crippen LogP contribution in [0.2, 0.25) is 0 Å². The number of nitrogens with one attached hydrogen (secondary N) is 1. The molecule has 0 saturated carbocycles. The number of carbonyl (C=O) groups is 1. The van der Waals surface area contributed by atoms with Crippen LogP contribution < -0.4 is 5.32 Å². The minimum absolute atomic E-state index is 0.0163. The van der Waals surface area contributed by atoms with E-state index in [1.54, 1.807) is 11.8 Å².